The Kier molecular flexibility index (Phi) is 3.32. The fraction of sp³-hybridized carbons (Fsp3) is 0.600. The van der Waals surface area contributed by atoms with Crippen LogP contribution in [-0.2, 0) is 11.3 Å². The molecule has 3 nitrogen and oxygen atoms in total. The van der Waals surface area contributed by atoms with Gasteiger partial charge < -0.3 is 4.74 Å². The average Bonchev–Trinajstić information content (AvgIpc) is 2.09. The van der Waals surface area contributed by atoms with Crippen LogP contribution in [0.2, 0.25) is 5.28 Å². The van der Waals surface area contributed by atoms with Crippen LogP contribution < -0.4 is 0 Å². The van der Waals surface area contributed by atoms with Gasteiger partial charge in [-0.1, -0.05) is 6.42 Å². The van der Waals surface area contributed by atoms with Gasteiger partial charge in [0.05, 0.1) is 12.3 Å². The van der Waals surface area contributed by atoms with Gasteiger partial charge in [0, 0.05) is 12.8 Å². The maximum absolute atomic E-state index is 5.65. The van der Waals surface area contributed by atoms with Gasteiger partial charge in [0.2, 0.25) is 5.28 Å². The quantitative estimate of drug-likeness (QED) is 0.720. The molecule has 1 fully saturated rings. The molecule has 1 aromatic heterocycles. The normalized spacial score (nSPS) is 16.6. The minimum absolute atomic E-state index is 0.287. The Bertz CT molecular complexity index is 302. The smallest absolute Gasteiger partial charge is 0.222 e. The standard InChI is InChI=1S/C10H13ClN2O/c11-10-12-5-4-9(13-10)7-14-6-8-2-1-3-8/h4-5,8H,1-3,6-7H2. The summed E-state index contributed by atoms with van der Waals surface area (Å²) in [4.78, 5) is 7.85. The van der Waals surface area contributed by atoms with Crippen LogP contribution in [-0.4, -0.2) is 16.6 Å². The molecule has 1 aliphatic rings. The van der Waals surface area contributed by atoms with Crippen molar-refractivity contribution < 1.29 is 4.74 Å². The Balaban J connectivity index is 1.74. The van der Waals surface area contributed by atoms with Crippen molar-refractivity contribution in [3.05, 3.63) is 23.2 Å². The first kappa shape index (κ1) is 9.87. The first-order valence-electron chi connectivity index (χ1n) is 4.90. The molecule has 76 valence electrons. The van der Waals surface area contributed by atoms with Crippen molar-refractivity contribution in [2.24, 2.45) is 5.92 Å². The van der Waals surface area contributed by atoms with Gasteiger partial charge in [0.15, 0.2) is 0 Å². The fourth-order valence-electron chi connectivity index (χ4n) is 1.44. The van der Waals surface area contributed by atoms with E-state index >= 15 is 0 Å². The number of rotatable bonds is 4. The van der Waals surface area contributed by atoms with Crippen LogP contribution in [0, 0.1) is 5.92 Å². The lowest BCUT2D eigenvalue weighted by Crippen LogP contribution is -2.17. The van der Waals surface area contributed by atoms with Crippen LogP contribution in [0.3, 0.4) is 0 Å². The summed E-state index contributed by atoms with van der Waals surface area (Å²) in [5.41, 5.74) is 0.851. The number of halogens is 1. The zero-order valence-electron chi connectivity index (χ0n) is 7.95. The predicted molar refractivity (Wildman–Crippen MR) is 54.0 cm³/mol. The second kappa shape index (κ2) is 4.71. The van der Waals surface area contributed by atoms with E-state index in [4.69, 9.17) is 16.3 Å². The lowest BCUT2D eigenvalue weighted by molar-refractivity contribution is 0.0579. The van der Waals surface area contributed by atoms with Crippen molar-refractivity contribution in [2.75, 3.05) is 6.61 Å². The van der Waals surface area contributed by atoms with Gasteiger partial charge >= 0.3 is 0 Å². The summed E-state index contributed by atoms with van der Waals surface area (Å²) in [5, 5.41) is 0.287. The fourth-order valence-corrected chi connectivity index (χ4v) is 1.60. The molecule has 14 heavy (non-hydrogen) atoms. The summed E-state index contributed by atoms with van der Waals surface area (Å²) >= 11 is 5.65. The molecule has 1 aromatic rings. The highest BCUT2D eigenvalue weighted by Gasteiger charge is 2.17. The molecular weight excluding hydrogens is 200 g/mol. The van der Waals surface area contributed by atoms with Crippen LogP contribution >= 0.6 is 11.6 Å². The number of nitrogens with zero attached hydrogens (tertiary/aromatic N) is 2. The molecule has 4 heteroatoms. The van der Waals surface area contributed by atoms with E-state index in [2.05, 4.69) is 9.97 Å². The molecule has 0 N–H and O–H groups in total. The maximum Gasteiger partial charge on any atom is 0.222 e. The summed E-state index contributed by atoms with van der Waals surface area (Å²) in [5.74, 6) is 0.771. The van der Waals surface area contributed by atoms with E-state index in [1.54, 1.807) is 6.20 Å². The van der Waals surface area contributed by atoms with Crippen molar-refractivity contribution in [1.82, 2.24) is 9.97 Å². The molecule has 0 aliphatic heterocycles. The highest BCUT2D eigenvalue weighted by Crippen LogP contribution is 2.26. The summed E-state index contributed by atoms with van der Waals surface area (Å²) in [7, 11) is 0. The number of hydrogen-bond donors (Lipinski definition) is 0. The topological polar surface area (TPSA) is 35.0 Å². The zero-order chi connectivity index (χ0) is 9.80. The molecule has 0 bridgehead atoms. The minimum atomic E-state index is 0.287. The number of aromatic nitrogens is 2. The van der Waals surface area contributed by atoms with Gasteiger partial charge in [-0.3, -0.25) is 0 Å². The first-order chi connectivity index (χ1) is 6.84. The number of hydrogen-bond acceptors (Lipinski definition) is 3. The van der Waals surface area contributed by atoms with Crippen molar-refractivity contribution in [3.8, 4) is 0 Å². The van der Waals surface area contributed by atoms with E-state index in [1.807, 2.05) is 6.07 Å². The highest BCUT2D eigenvalue weighted by atomic mass is 35.5. The van der Waals surface area contributed by atoms with Crippen LogP contribution in [0.5, 0.6) is 0 Å². The van der Waals surface area contributed by atoms with Crippen molar-refractivity contribution in [3.63, 3.8) is 0 Å². The van der Waals surface area contributed by atoms with Crippen molar-refractivity contribution >= 4 is 11.6 Å². The highest BCUT2D eigenvalue weighted by molar-refractivity contribution is 6.28. The monoisotopic (exact) mass is 212 g/mol. The molecular formula is C10H13ClN2O. The lowest BCUT2D eigenvalue weighted by Gasteiger charge is -2.24. The molecule has 2 rings (SSSR count). The minimum Gasteiger partial charge on any atom is -0.375 e. The molecule has 1 aliphatic carbocycles. The Morgan fingerprint density at radius 3 is 3.00 bits per heavy atom. The zero-order valence-corrected chi connectivity index (χ0v) is 8.70. The predicted octanol–water partition coefficient (Wildman–Crippen LogP) is 2.45. The molecule has 0 amide bonds. The molecule has 0 radical (unpaired) electrons. The second-order valence-electron chi connectivity index (χ2n) is 3.63. The van der Waals surface area contributed by atoms with E-state index < -0.39 is 0 Å². The summed E-state index contributed by atoms with van der Waals surface area (Å²) in [6.45, 7) is 1.39. The Morgan fingerprint density at radius 2 is 2.36 bits per heavy atom. The van der Waals surface area contributed by atoms with Crippen LogP contribution in [0.1, 0.15) is 25.0 Å². The van der Waals surface area contributed by atoms with Gasteiger partial charge in [-0.2, -0.15) is 0 Å². The number of ether oxygens (including phenoxy) is 1. The average molecular weight is 213 g/mol. The maximum atomic E-state index is 5.65. The SMILES string of the molecule is Clc1nccc(COCC2CCC2)n1. The largest absolute Gasteiger partial charge is 0.375 e. The van der Waals surface area contributed by atoms with Gasteiger partial charge in [-0.25, -0.2) is 9.97 Å². The van der Waals surface area contributed by atoms with E-state index in [-0.39, 0.29) is 5.28 Å². The second-order valence-corrected chi connectivity index (χ2v) is 3.97. The molecule has 0 atom stereocenters. The lowest BCUT2D eigenvalue weighted by atomic mass is 9.86. The van der Waals surface area contributed by atoms with Crippen molar-refractivity contribution in [1.29, 1.82) is 0 Å². The van der Waals surface area contributed by atoms with E-state index in [1.165, 1.54) is 19.3 Å². The third-order valence-corrected chi connectivity index (χ3v) is 2.69. The molecule has 1 saturated carbocycles. The molecule has 0 saturated heterocycles. The van der Waals surface area contributed by atoms with Gasteiger partial charge in [-0.05, 0) is 36.4 Å². The van der Waals surface area contributed by atoms with Crippen LogP contribution in [0.25, 0.3) is 0 Å². The third kappa shape index (κ3) is 2.66. The molecule has 1 heterocycles. The Morgan fingerprint density at radius 1 is 1.50 bits per heavy atom. The van der Waals surface area contributed by atoms with Gasteiger partial charge in [-0.15, -0.1) is 0 Å². The van der Waals surface area contributed by atoms with E-state index in [0.717, 1.165) is 18.2 Å². The van der Waals surface area contributed by atoms with Gasteiger partial charge in [0.25, 0.3) is 0 Å². The molecule has 0 spiro atoms. The Hall–Kier alpha value is -0.670. The van der Waals surface area contributed by atoms with Crippen molar-refractivity contribution in [2.45, 2.75) is 25.9 Å². The van der Waals surface area contributed by atoms with E-state index in [0.29, 0.717) is 6.61 Å². The van der Waals surface area contributed by atoms with Crippen LogP contribution in [0.15, 0.2) is 12.3 Å². The first-order valence-corrected chi connectivity index (χ1v) is 5.27. The summed E-state index contributed by atoms with van der Waals surface area (Å²) in [6, 6.07) is 1.83. The molecule has 0 aromatic carbocycles. The summed E-state index contributed by atoms with van der Waals surface area (Å²) < 4.78 is 5.53. The van der Waals surface area contributed by atoms with Crippen LogP contribution in [0.4, 0.5) is 0 Å². The summed E-state index contributed by atoms with van der Waals surface area (Å²) in [6.07, 6.45) is 5.62. The molecule has 0 unspecified atom stereocenters. The third-order valence-electron chi connectivity index (χ3n) is 2.51. The van der Waals surface area contributed by atoms with Gasteiger partial charge in [0.1, 0.15) is 0 Å². The van der Waals surface area contributed by atoms with E-state index in [9.17, 15) is 0 Å². The Labute approximate surface area is 88.5 Å².